The summed E-state index contributed by atoms with van der Waals surface area (Å²) in [6, 6.07) is 12.2. The number of nitrogens with two attached hydrogens (primary N) is 2. The Morgan fingerprint density at radius 3 is 2.62 bits per heavy atom. The van der Waals surface area contributed by atoms with Gasteiger partial charge in [0.1, 0.15) is 11.6 Å². The van der Waals surface area contributed by atoms with E-state index >= 15 is 0 Å². The van der Waals surface area contributed by atoms with Crippen LogP contribution in [0, 0.1) is 0 Å². The highest BCUT2D eigenvalue weighted by atomic mass is 27.1. The number of aromatic nitrogens is 5. The fourth-order valence-corrected chi connectivity index (χ4v) is 4.01. The lowest BCUT2D eigenvalue weighted by molar-refractivity contribution is 0.327. The van der Waals surface area contributed by atoms with E-state index in [9.17, 15) is 5.11 Å². The number of fused-ring (bicyclic) bond motifs is 1. The molecule has 1 aromatic carbocycles. The molecule has 0 atom stereocenters. The van der Waals surface area contributed by atoms with E-state index in [0.29, 0.717) is 38.1 Å². The standard InChI is InChI=1S/C20H22N9O.CH3.Al/c1-27-19(8-16(26-27)13-6-4-3-5-7-13)24-18-9-17(29(22)14(10-21)12-30)15-11-23-28(2)20(15)25-18;;/h4-11,30H,12,21-22H2,1-2H3,(H,24,25);1H3;/b14-10-;;. The van der Waals surface area contributed by atoms with Crippen LogP contribution in [-0.2, 0) is 14.1 Å². The Bertz CT molecular complexity index is 1280. The van der Waals surface area contributed by atoms with Gasteiger partial charge in [-0.25, -0.2) is 10.8 Å². The molecule has 0 aliphatic heterocycles. The summed E-state index contributed by atoms with van der Waals surface area (Å²) in [7, 11) is 3.68. The largest absolute Gasteiger partial charge is 0.403 e. The Morgan fingerprint density at radius 2 is 1.97 bits per heavy atom. The molecule has 11 heteroatoms. The smallest absolute Gasteiger partial charge is 0.246 e. The molecule has 4 aromatic rings. The Hall–Kier alpha value is -3.36. The fourth-order valence-electron chi connectivity index (χ4n) is 3.43. The van der Waals surface area contributed by atoms with Crippen LogP contribution in [0.5, 0.6) is 0 Å². The average molecular weight is 446 g/mol. The minimum absolute atomic E-state index is 0.291. The predicted octanol–water partition coefficient (Wildman–Crippen LogP) is 0.962. The van der Waals surface area contributed by atoms with E-state index in [2.05, 4.69) is 50.5 Å². The molecule has 0 spiro atoms. The summed E-state index contributed by atoms with van der Waals surface area (Å²) in [5.41, 5.74) is 9.13. The van der Waals surface area contributed by atoms with E-state index in [-0.39, 0.29) is 6.61 Å². The van der Waals surface area contributed by atoms with Crippen LogP contribution in [0.2, 0.25) is 5.79 Å². The van der Waals surface area contributed by atoms with Crippen LogP contribution in [0.4, 0.5) is 17.3 Å². The number of hydrogen-bond acceptors (Lipinski definition) is 8. The highest BCUT2D eigenvalue weighted by Gasteiger charge is 2.17. The average Bonchev–Trinajstić information content (AvgIpc) is 3.36. The molecule has 4 rings (SSSR count). The molecule has 0 saturated carbocycles. The molecule has 1 radical (unpaired) electrons. The first kappa shape index (κ1) is 21.9. The van der Waals surface area contributed by atoms with Gasteiger partial charge in [0.15, 0.2) is 5.65 Å². The number of hydrazine groups is 1. The summed E-state index contributed by atoms with van der Waals surface area (Å²) in [6.07, 6.45) is 2.95. The van der Waals surface area contributed by atoms with Crippen molar-refractivity contribution in [3.05, 3.63) is 54.5 Å². The van der Waals surface area contributed by atoms with Gasteiger partial charge in [-0.1, -0.05) is 24.3 Å². The summed E-state index contributed by atoms with van der Waals surface area (Å²) in [4.78, 5) is 4.69. The van der Waals surface area contributed by atoms with Gasteiger partial charge < -0.3 is 16.2 Å². The summed E-state index contributed by atoms with van der Waals surface area (Å²) < 4.78 is 4.79. The van der Waals surface area contributed by atoms with Gasteiger partial charge in [-0.2, -0.15) is 10.2 Å². The summed E-state index contributed by atoms with van der Waals surface area (Å²) in [5.74, 6) is 9.79. The first-order valence-electron chi connectivity index (χ1n) is 10.0. The number of nitrogens with zero attached hydrogens (tertiary/aromatic N) is 6. The maximum Gasteiger partial charge on any atom is 0.246 e. The van der Waals surface area contributed by atoms with Gasteiger partial charge in [0.2, 0.25) is 15.2 Å². The number of pyridine rings is 1. The molecule has 0 aliphatic rings. The molecule has 3 heterocycles. The van der Waals surface area contributed by atoms with E-state index in [1.807, 2.05) is 13.1 Å². The summed E-state index contributed by atoms with van der Waals surface area (Å²) in [6.45, 7) is -0.302. The van der Waals surface area contributed by atoms with Gasteiger partial charge in [0.05, 0.1) is 35.3 Å². The predicted molar refractivity (Wildman–Crippen MR) is 128 cm³/mol. The van der Waals surface area contributed by atoms with Crippen molar-refractivity contribution in [3.8, 4) is 11.3 Å². The minimum Gasteiger partial charge on any atom is -0.403 e. The van der Waals surface area contributed by atoms with Crippen molar-refractivity contribution < 1.29 is 5.11 Å². The molecule has 0 saturated heterocycles. The molecule has 163 valence electrons. The number of benzene rings is 1. The van der Waals surface area contributed by atoms with Crippen molar-refractivity contribution in [1.29, 1.82) is 0 Å². The SMILES string of the molecule is [CH3][Al][c]1ccc(-c2cc(Nc3cc(N(N)/C(=C\N)CO)c4cnn(C)c4n3)n(C)n2)cc1. The quantitative estimate of drug-likeness (QED) is 0.187. The van der Waals surface area contributed by atoms with Crippen LogP contribution in [-0.4, -0.2) is 51.5 Å². The first-order chi connectivity index (χ1) is 15.4. The second kappa shape index (κ2) is 9.02. The van der Waals surface area contributed by atoms with Crippen molar-refractivity contribution >= 4 is 48.0 Å². The van der Waals surface area contributed by atoms with E-state index in [0.717, 1.165) is 22.5 Å². The zero-order chi connectivity index (χ0) is 22.8. The van der Waals surface area contributed by atoms with Crippen molar-refractivity contribution in [1.82, 2.24) is 24.5 Å². The third kappa shape index (κ3) is 4.07. The highest BCUT2D eigenvalue weighted by molar-refractivity contribution is 6.51. The van der Waals surface area contributed by atoms with Crippen molar-refractivity contribution in [3.63, 3.8) is 0 Å². The zero-order valence-electron chi connectivity index (χ0n) is 18.2. The van der Waals surface area contributed by atoms with Gasteiger partial charge in [-0.3, -0.25) is 14.4 Å². The minimum atomic E-state index is -0.302. The van der Waals surface area contributed by atoms with Crippen LogP contribution < -0.4 is 26.3 Å². The number of rotatable bonds is 7. The molecule has 10 nitrogen and oxygen atoms in total. The highest BCUT2D eigenvalue weighted by Crippen LogP contribution is 2.30. The van der Waals surface area contributed by atoms with Gasteiger partial charge in [0, 0.05) is 38.0 Å². The molecule has 32 heavy (non-hydrogen) atoms. The second-order valence-electron chi connectivity index (χ2n) is 7.29. The Balaban J connectivity index is 1.71. The second-order valence-corrected chi connectivity index (χ2v) is 8.54. The fraction of sp³-hybridized carbons (Fsp3) is 0.190. The van der Waals surface area contributed by atoms with Crippen LogP contribution in [0.1, 0.15) is 0 Å². The molecule has 6 N–H and O–H groups in total. The third-order valence-corrected chi connectivity index (χ3v) is 6.33. The Labute approximate surface area is 191 Å². The number of aryl methyl sites for hydroxylation is 2. The maximum atomic E-state index is 9.59. The first-order valence-corrected chi connectivity index (χ1v) is 11.8. The monoisotopic (exact) mass is 446 g/mol. The number of aliphatic hydroxyl groups is 1. The van der Waals surface area contributed by atoms with E-state index in [4.69, 9.17) is 11.6 Å². The lowest BCUT2D eigenvalue weighted by Gasteiger charge is -2.21. The summed E-state index contributed by atoms with van der Waals surface area (Å²) in [5, 5.41) is 23.9. The van der Waals surface area contributed by atoms with Crippen LogP contribution >= 0.6 is 0 Å². The third-order valence-electron chi connectivity index (χ3n) is 5.28. The molecule has 0 unspecified atom stereocenters. The Morgan fingerprint density at radius 1 is 1.22 bits per heavy atom. The molecule has 0 bridgehead atoms. The maximum absolute atomic E-state index is 9.59. The lowest BCUT2D eigenvalue weighted by Crippen LogP contribution is -2.32. The van der Waals surface area contributed by atoms with Crippen LogP contribution in [0.15, 0.2) is 54.5 Å². The van der Waals surface area contributed by atoms with Gasteiger partial charge >= 0.3 is 0 Å². The van der Waals surface area contributed by atoms with Gasteiger partial charge in [0.25, 0.3) is 0 Å². The molecule has 0 amide bonds. The number of aliphatic hydroxyl groups excluding tert-OH is 1. The van der Waals surface area contributed by atoms with Crippen molar-refractivity contribution in [2.24, 2.45) is 25.7 Å². The van der Waals surface area contributed by atoms with Crippen LogP contribution in [0.25, 0.3) is 22.3 Å². The topological polar surface area (TPSA) is 136 Å². The molecular weight excluding hydrogens is 421 g/mol. The van der Waals surface area contributed by atoms with Crippen molar-refractivity contribution in [2.75, 3.05) is 16.9 Å². The van der Waals surface area contributed by atoms with Crippen LogP contribution in [0.3, 0.4) is 0 Å². The zero-order valence-corrected chi connectivity index (χ0v) is 19.3. The van der Waals surface area contributed by atoms with E-state index in [1.165, 1.54) is 15.6 Å². The number of anilines is 3. The number of nitrogens with one attached hydrogen (secondary N) is 1. The number of hydrogen-bond donors (Lipinski definition) is 4. The molecule has 3 aromatic heterocycles. The Kier molecular flexibility index (Phi) is 6.16. The normalized spacial score (nSPS) is 11.7. The molecule has 0 aliphatic carbocycles. The lowest BCUT2D eigenvalue weighted by atomic mass is 10.1. The van der Waals surface area contributed by atoms with E-state index in [1.54, 1.807) is 28.7 Å². The van der Waals surface area contributed by atoms with Gasteiger partial charge in [-0.15, -0.1) is 10.2 Å². The van der Waals surface area contributed by atoms with Gasteiger partial charge in [-0.05, 0) is 0 Å². The molecular formula is C21H25AlN9O. The van der Waals surface area contributed by atoms with E-state index < -0.39 is 0 Å². The van der Waals surface area contributed by atoms with Crippen molar-refractivity contribution in [2.45, 2.75) is 5.79 Å². The molecule has 0 fully saturated rings. The summed E-state index contributed by atoms with van der Waals surface area (Å²) >= 11 is 0.291.